The number of benzene rings is 3. The molecule has 0 saturated carbocycles. The van der Waals surface area contributed by atoms with Gasteiger partial charge in [0.2, 0.25) is 0 Å². The Labute approximate surface area is 170 Å². The number of hydrogen-bond acceptors (Lipinski definition) is 3. The lowest BCUT2D eigenvalue weighted by Gasteiger charge is -2.07. The molecule has 0 fully saturated rings. The fourth-order valence-electron chi connectivity index (χ4n) is 3.03. The number of hydrogen-bond donors (Lipinski definition) is 2. The third-order valence-electron chi connectivity index (χ3n) is 4.62. The van der Waals surface area contributed by atoms with E-state index in [0.29, 0.717) is 23.1 Å². The van der Waals surface area contributed by atoms with E-state index in [1.807, 2.05) is 49.4 Å². The van der Waals surface area contributed by atoms with E-state index in [9.17, 15) is 9.90 Å². The van der Waals surface area contributed by atoms with Gasteiger partial charge in [0, 0.05) is 17.5 Å². The summed E-state index contributed by atoms with van der Waals surface area (Å²) in [6, 6.07) is 25.1. The van der Waals surface area contributed by atoms with Crippen molar-refractivity contribution in [1.29, 1.82) is 0 Å². The standard InChI is InChI=1S/C17H13NO2.C8H11N/c1-11-5-4-6-12(9-11)16-10-14(17(19)20)13-7-2-3-8-15(13)18-16;1-7-2-4-8(6-9)5-3-7/h2-10H,1H3,(H,19,20);2-5H,6,9H2,1H3. The van der Waals surface area contributed by atoms with Crippen LogP contribution < -0.4 is 5.73 Å². The van der Waals surface area contributed by atoms with Crippen LogP contribution in [0.2, 0.25) is 0 Å². The Kier molecular flexibility index (Phi) is 6.37. The third-order valence-corrected chi connectivity index (χ3v) is 4.62. The molecule has 4 heteroatoms. The molecule has 1 heterocycles. The SMILES string of the molecule is Cc1ccc(CN)cc1.Cc1cccc(-c2cc(C(=O)O)c3ccccc3n2)c1. The van der Waals surface area contributed by atoms with E-state index < -0.39 is 5.97 Å². The summed E-state index contributed by atoms with van der Waals surface area (Å²) in [4.78, 5) is 16.0. The van der Waals surface area contributed by atoms with Crippen LogP contribution in [0, 0.1) is 13.8 Å². The zero-order valence-corrected chi connectivity index (χ0v) is 16.6. The van der Waals surface area contributed by atoms with Crippen LogP contribution in [-0.2, 0) is 6.54 Å². The second-order valence-corrected chi connectivity index (χ2v) is 6.94. The van der Waals surface area contributed by atoms with Gasteiger partial charge in [-0.2, -0.15) is 0 Å². The Bertz CT molecular complexity index is 1140. The number of para-hydroxylation sites is 1. The number of aryl methyl sites for hydroxylation is 2. The van der Waals surface area contributed by atoms with Gasteiger partial charge in [-0.25, -0.2) is 9.78 Å². The largest absolute Gasteiger partial charge is 0.478 e. The lowest BCUT2D eigenvalue weighted by molar-refractivity contribution is 0.0699. The van der Waals surface area contributed by atoms with Gasteiger partial charge in [-0.3, -0.25) is 0 Å². The fourth-order valence-corrected chi connectivity index (χ4v) is 3.03. The summed E-state index contributed by atoms with van der Waals surface area (Å²) < 4.78 is 0. The van der Waals surface area contributed by atoms with Crippen molar-refractivity contribution < 1.29 is 9.90 Å². The molecule has 4 aromatic rings. The van der Waals surface area contributed by atoms with Crippen LogP contribution >= 0.6 is 0 Å². The van der Waals surface area contributed by atoms with Crippen LogP contribution in [0.1, 0.15) is 27.0 Å². The summed E-state index contributed by atoms with van der Waals surface area (Å²) in [6.45, 7) is 4.71. The van der Waals surface area contributed by atoms with E-state index in [2.05, 4.69) is 36.2 Å². The summed E-state index contributed by atoms with van der Waals surface area (Å²) in [5, 5.41) is 10.0. The Morgan fingerprint density at radius 2 is 1.62 bits per heavy atom. The molecule has 0 amide bonds. The van der Waals surface area contributed by atoms with E-state index in [0.717, 1.165) is 11.1 Å². The Balaban J connectivity index is 0.000000224. The molecule has 0 bridgehead atoms. The maximum Gasteiger partial charge on any atom is 0.336 e. The molecule has 3 aromatic carbocycles. The van der Waals surface area contributed by atoms with Gasteiger partial charge in [0.15, 0.2) is 0 Å². The van der Waals surface area contributed by atoms with Gasteiger partial charge in [0.25, 0.3) is 0 Å². The number of nitrogens with two attached hydrogens (primary N) is 1. The Morgan fingerprint density at radius 1 is 0.897 bits per heavy atom. The molecule has 0 atom stereocenters. The molecule has 146 valence electrons. The van der Waals surface area contributed by atoms with Gasteiger partial charge in [0.1, 0.15) is 0 Å². The first kappa shape index (κ1) is 20.2. The zero-order chi connectivity index (χ0) is 20.8. The first-order chi connectivity index (χ1) is 14.0. The lowest BCUT2D eigenvalue weighted by atomic mass is 10.0. The molecule has 3 N–H and O–H groups in total. The minimum atomic E-state index is -0.933. The van der Waals surface area contributed by atoms with Gasteiger partial charge in [-0.15, -0.1) is 0 Å². The van der Waals surface area contributed by atoms with Crippen molar-refractivity contribution in [3.05, 3.63) is 101 Å². The number of carboxylic acids is 1. The van der Waals surface area contributed by atoms with E-state index in [1.54, 1.807) is 12.1 Å². The summed E-state index contributed by atoms with van der Waals surface area (Å²) in [5.74, 6) is -0.933. The van der Waals surface area contributed by atoms with Gasteiger partial charge in [-0.1, -0.05) is 71.8 Å². The number of aromatic carboxylic acids is 1. The van der Waals surface area contributed by atoms with Crippen molar-refractivity contribution in [3.8, 4) is 11.3 Å². The fraction of sp³-hybridized carbons (Fsp3) is 0.120. The van der Waals surface area contributed by atoms with Crippen LogP contribution in [0.3, 0.4) is 0 Å². The molecular weight excluding hydrogens is 360 g/mol. The van der Waals surface area contributed by atoms with Gasteiger partial charge in [-0.05, 0) is 37.6 Å². The van der Waals surface area contributed by atoms with E-state index in [-0.39, 0.29) is 5.56 Å². The lowest BCUT2D eigenvalue weighted by Crippen LogP contribution is -2.00. The highest BCUT2D eigenvalue weighted by Gasteiger charge is 2.12. The predicted molar refractivity (Wildman–Crippen MR) is 118 cm³/mol. The van der Waals surface area contributed by atoms with Crippen molar-refractivity contribution in [2.24, 2.45) is 5.73 Å². The Hall–Kier alpha value is -3.50. The monoisotopic (exact) mass is 384 g/mol. The van der Waals surface area contributed by atoms with E-state index in [1.165, 1.54) is 11.1 Å². The second kappa shape index (κ2) is 9.13. The highest BCUT2D eigenvalue weighted by atomic mass is 16.4. The van der Waals surface area contributed by atoms with Crippen LogP contribution in [0.25, 0.3) is 22.2 Å². The highest BCUT2D eigenvalue weighted by molar-refractivity contribution is 6.03. The molecule has 0 aliphatic carbocycles. The minimum Gasteiger partial charge on any atom is -0.478 e. The molecule has 0 radical (unpaired) electrons. The van der Waals surface area contributed by atoms with Crippen LogP contribution in [0.15, 0.2) is 78.9 Å². The predicted octanol–water partition coefficient (Wildman–Crippen LogP) is 5.36. The smallest absolute Gasteiger partial charge is 0.336 e. The molecular formula is C25H24N2O2. The summed E-state index contributed by atoms with van der Waals surface area (Å²) in [7, 11) is 0. The zero-order valence-electron chi connectivity index (χ0n) is 16.6. The van der Waals surface area contributed by atoms with Crippen molar-refractivity contribution >= 4 is 16.9 Å². The van der Waals surface area contributed by atoms with Gasteiger partial charge >= 0.3 is 5.97 Å². The van der Waals surface area contributed by atoms with Crippen molar-refractivity contribution in [1.82, 2.24) is 4.98 Å². The molecule has 0 unspecified atom stereocenters. The maximum atomic E-state index is 11.4. The average Bonchev–Trinajstić information content (AvgIpc) is 2.74. The van der Waals surface area contributed by atoms with E-state index in [4.69, 9.17) is 5.73 Å². The van der Waals surface area contributed by atoms with Gasteiger partial charge in [0.05, 0.1) is 16.8 Å². The van der Waals surface area contributed by atoms with Crippen LogP contribution in [0.5, 0.6) is 0 Å². The summed E-state index contributed by atoms with van der Waals surface area (Å²) in [6.07, 6.45) is 0. The molecule has 4 rings (SSSR count). The number of carboxylic acid groups (broad SMARTS) is 1. The average molecular weight is 384 g/mol. The highest BCUT2D eigenvalue weighted by Crippen LogP contribution is 2.25. The van der Waals surface area contributed by atoms with Crippen LogP contribution in [0.4, 0.5) is 0 Å². The Morgan fingerprint density at radius 3 is 2.28 bits per heavy atom. The van der Waals surface area contributed by atoms with Crippen molar-refractivity contribution in [2.75, 3.05) is 0 Å². The number of rotatable bonds is 3. The normalized spacial score (nSPS) is 10.3. The molecule has 1 aromatic heterocycles. The molecule has 0 aliphatic heterocycles. The summed E-state index contributed by atoms with van der Waals surface area (Å²) in [5.41, 5.74) is 11.6. The number of aromatic nitrogens is 1. The number of fused-ring (bicyclic) bond motifs is 1. The number of nitrogens with zero attached hydrogens (tertiary/aromatic N) is 1. The van der Waals surface area contributed by atoms with Crippen molar-refractivity contribution in [2.45, 2.75) is 20.4 Å². The maximum absolute atomic E-state index is 11.4. The van der Waals surface area contributed by atoms with Crippen LogP contribution in [-0.4, -0.2) is 16.1 Å². The molecule has 4 nitrogen and oxygen atoms in total. The van der Waals surface area contributed by atoms with E-state index >= 15 is 0 Å². The first-order valence-corrected chi connectivity index (χ1v) is 9.43. The molecule has 29 heavy (non-hydrogen) atoms. The molecule has 0 saturated heterocycles. The minimum absolute atomic E-state index is 0.284. The molecule has 0 spiro atoms. The third kappa shape index (κ3) is 5.06. The quantitative estimate of drug-likeness (QED) is 0.498. The first-order valence-electron chi connectivity index (χ1n) is 9.43. The van der Waals surface area contributed by atoms with Crippen molar-refractivity contribution in [3.63, 3.8) is 0 Å². The second-order valence-electron chi connectivity index (χ2n) is 6.94. The summed E-state index contributed by atoms with van der Waals surface area (Å²) >= 11 is 0. The number of pyridine rings is 1. The topological polar surface area (TPSA) is 76.2 Å². The number of carbonyl (C=O) groups is 1. The van der Waals surface area contributed by atoms with Gasteiger partial charge < -0.3 is 10.8 Å². The molecule has 0 aliphatic rings.